The average molecular weight is 317 g/mol. The maximum Gasteiger partial charge on any atom is 0.426 e. The molecule has 0 fully saturated rings. The smallest absolute Gasteiger partial charge is 0.426 e. The number of alkyl halides is 3. The summed E-state index contributed by atoms with van der Waals surface area (Å²) in [5.74, 6) is 2.40. The van der Waals surface area contributed by atoms with E-state index < -0.39 is 29.5 Å². The number of hydrazine groups is 1. The molecule has 1 heterocycles. The van der Waals surface area contributed by atoms with Gasteiger partial charge in [-0.3, -0.25) is 0 Å². The standard InChI is InChI=1S/C12H11F4N5O/c1-22-10-8(12(14,15)16)9(13)19-11(20-10)21(18)7-5-3-2-4-6(7)17/h2-5H,17-18H2,1H3. The van der Waals surface area contributed by atoms with Gasteiger partial charge in [-0.1, -0.05) is 12.1 Å². The fraction of sp³-hybridized carbons (Fsp3) is 0.167. The van der Waals surface area contributed by atoms with E-state index in [1.807, 2.05) is 0 Å². The lowest BCUT2D eigenvalue weighted by molar-refractivity contribution is -0.142. The lowest BCUT2D eigenvalue weighted by Gasteiger charge is -2.20. The minimum absolute atomic E-state index is 0.198. The van der Waals surface area contributed by atoms with Gasteiger partial charge in [0.1, 0.15) is 0 Å². The van der Waals surface area contributed by atoms with Crippen molar-refractivity contribution in [2.24, 2.45) is 5.84 Å². The highest BCUT2D eigenvalue weighted by molar-refractivity contribution is 5.71. The fourth-order valence-electron chi connectivity index (χ4n) is 1.71. The van der Waals surface area contributed by atoms with Crippen LogP contribution in [0.4, 0.5) is 34.9 Å². The monoisotopic (exact) mass is 317 g/mol. The number of ether oxygens (including phenoxy) is 1. The predicted octanol–water partition coefficient (Wildman–Crippen LogP) is 2.24. The first-order chi connectivity index (χ1) is 10.3. The number of para-hydroxylation sites is 2. The Morgan fingerprint density at radius 2 is 1.82 bits per heavy atom. The molecule has 0 saturated heterocycles. The van der Waals surface area contributed by atoms with Gasteiger partial charge in [-0.05, 0) is 12.1 Å². The number of nitrogens with two attached hydrogens (primary N) is 2. The molecule has 118 valence electrons. The summed E-state index contributed by atoms with van der Waals surface area (Å²) in [5.41, 5.74) is 4.40. The van der Waals surface area contributed by atoms with Gasteiger partial charge in [-0.15, -0.1) is 0 Å². The maximum atomic E-state index is 13.7. The molecule has 0 aliphatic rings. The van der Waals surface area contributed by atoms with Crippen LogP contribution in [0.15, 0.2) is 24.3 Å². The van der Waals surface area contributed by atoms with Crippen LogP contribution in [0.1, 0.15) is 5.56 Å². The minimum atomic E-state index is -5.00. The molecule has 0 aliphatic carbocycles. The number of nitrogen functional groups attached to an aromatic ring is 1. The predicted molar refractivity (Wildman–Crippen MR) is 70.7 cm³/mol. The van der Waals surface area contributed by atoms with Gasteiger partial charge in [0, 0.05) is 0 Å². The maximum absolute atomic E-state index is 13.7. The third-order valence-corrected chi connectivity index (χ3v) is 2.71. The second kappa shape index (κ2) is 5.64. The summed E-state index contributed by atoms with van der Waals surface area (Å²) >= 11 is 0. The zero-order valence-corrected chi connectivity index (χ0v) is 11.2. The van der Waals surface area contributed by atoms with Crippen molar-refractivity contribution in [3.05, 3.63) is 35.8 Å². The van der Waals surface area contributed by atoms with Gasteiger partial charge in [0.15, 0.2) is 5.56 Å². The molecule has 1 aromatic carbocycles. The van der Waals surface area contributed by atoms with Crippen molar-refractivity contribution in [3.63, 3.8) is 0 Å². The number of nitrogens with zero attached hydrogens (tertiary/aromatic N) is 3. The molecule has 0 atom stereocenters. The normalized spacial score (nSPS) is 11.4. The Kier molecular flexibility index (Phi) is 4.04. The summed E-state index contributed by atoms with van der Waals surface area (Å²) in [6.45, 7) is 0. The summed E-state index contributed by atoms with van der Waals surface area (Å²) in [5, 5.41) is 0.765. The first kappa shape index (κ1) is 15.8. The van der Waals surface area contributed by atoms with E-state index in [0.29, 0.717) is 0 Å². The molecule has 0 radical (unpaired) electrons. The Bertz CT molecular complexity index is 692. The first-order valence-electron chi connectivity index (χ1n) is 5.83. The van der Waals surface area contributed by atoms with Gasteiger partial charge in [-0.25, -0.2) is 10.9 Å². The molecule has 2 rings (SSSR count). The molecular formula is C12H11F4N5O. The molecule has 2 aromatic rings. The SMILES string of the molecule is COc1nc(N(N)c2ccccc2N)nc(F)c1C(F)(F)F. The van der Waals surface area contributed by atoms with E-state index in [0.717, 1.165) is 12.1 Å². The highest BCUT2D eigenvalue weighted by Crippen LogP contribution is 2.37. The summed E-state index contributed by atoms with van der Waals surface area (Å²) < 4.78 is 56.4. The Labute approximate surface area is 122 Å². The van der Waals surface area contributed by atoms with Crippen LogP contribution in [0.25, 0.3) is 0 Å². The second-order valence-corrected chi connectivity index (χ2v) is 4.13. The number of anilines is 3. The van der Waals surface area contributed by atoms with Gasteiger partial charge < -0.3 is 10.5 Å². The van der Waals surface area contributed by atoms with Crippen molar-refractivity contribution in [1.82, 2.24) is 9.97 Å². The molecule has 0 amide bonds. The molecule has 22 heavy (non-hydrogen) atoms. The highest BCUT2D eigenvalue weighted by atomic mass is 19.4. The van der Waals surface area contributed by atoms with Crippen molar-refractivity contribution in [3.8, 4) is 5.88 Å². The number of hydrogen-bond acceptors (Lipinski definition) is 6. The number of aromatic nitrogens is 2. The van der Waals surface area contributed by atoms with Crippen LogP contribution in [0.5, 0.6) is 5.88 Å². The molecule has 0 bridgehead atoms. The number of hydrogen-bond donors (Lipinski definition) is 2. The van der Waals surface area contributed by atoms with Crippen LogP contribution in [0.2, 0.25) is 0 Å². The lowest BCUT2D eigenvalue weighted by Crippen LogP contribution is -2.29. The molecule has 1 aromatic heterocycles. The number of methoxy groups -OCH3 is 1. The van der Waals surface area contributed by atoms with Crippen molar-refractivity contribution < 1.29 is 22.3 Å². The largest absolute Gasteiger partial charge is 0.480 e. The fourth-order valence-corrected chi connectivity index (χ4v) is 1.71. The van der Waals surface area contributed by atoms with Crippen molar-refractivity contribution in [2.45, 2.75) is 6.18 Å². The van der Waals surface area contributed by atoms with E-state index in [2.05, 4.69) is 14.7 Å². The van der Waals surface area contributed by atoms with Crippen LogP contribution in [0, 0.1) is 5.95 Å². The van der Waals surface area contributed by atoms with Crippen molar-refractivity contribution in [2.75, 3.05) is 17.9 Å². The Morgan fingerprint density at radius 3 is 2.36 bits per heavy atom. The molecular weight excluding hydrogens is 306 g/mol. The van der Waals surface area contributed by atoms with Gasteiger partial charge in [0.25, 0.3) is 5.95 Å². The van der Waals surface area contributed by atoms with Crippen LogP contribution in [-0.2, 0) is 6.18 Å². The summed E-state index contributed by atoms with van der Waals surface area (Å²) in [6.07, 6.45) is -5.00. The van der Waals surface area contributed by atoms with Crippen LogP contribution in [0.3, 0.4) is 0 Å². The van der Waals surface area contributed by atoms with Crippen LogP contribution >= 0.6 is 0 Å². The molecule has 4 N–H and O–H groups in total. The Morgan fingerprint density at radius 1 is 1.18 bits per heavy atom. The lowest BCUT2D eigenvalue weighted by atomic mass is 10.2. The van der Waals surface area contributed by atoms with Crippen LogP contribution < -0.4 is 21.3 Å². The minimum Gasteiger partial charge on any atom is -0.480 e. The number of benzene rings is 1. The molecule has 10 heteroatoms. The van der Waals surface area contributed by atoms with E-state index >= 15 is 0 Å². The second-order valence-electron chi connectivity index (χ2n) is 4.13. The first-order valence-corrected chi connectivity index (χ1v) is 5.83. The van der Waals surface area contributed by atoms with Gasteiger partial charge >= 0.3 is 6.18 Å². The Balaban J connectivity index is 2.54. The quantitative estimate of drug-likeness (QED) is 0.297. The van der Waals surface area contributed by atoms with Crippen LogP contribution in [-0.4, -0.2) is 17.1 Å². The van der Waals surface area contributed by atoms with Crippen molar-refractivity contribution in [1.29, 1.82) is 0 Å². The summed E-state index contributed by atoms with van der Waals surface area (Å²) in [6, 6.07) is 6.19. The summed E-state index contributed by atoms with van der Waals surface area (Å²) in [4.78, 5) is 6.62. The van der Waals surface area contributed by atoms with E-state index in [9.17, 15) is 17.6 Å². The van der Waals surface area contributed by atoms with Gasteiger partial charge in [-0.2, -0.15) is 27.5 Å². The van der Waals surface area contributed by atoms with Gasteiger partial charge in [0.2, 0.25) is 11.8 Å². The summed E-state index contributed by atoms with van der Waals surface area (Å²) in [7, 11) is 0.929. The highest BCUT2D eigenvalue weighted by Gasteiger charge is 2.40. The van der Waals surface area contributed by atoms with Gasteiger partial charge in [0.05, 0.1) is 18.5 Å². The zero-order valence-electron chi connectivity index (χ0n) is 11.2. The topological polar surface area (TPSA) is 90.3 Å². The number of halogens is 4. The van der Waals surface area contributed by atoms with E-state index in [4.69, 9.17) is 11.6 Å². The van der Waals surface area contributed by atoms with E-state index in [1.54, 1.807) is 12.1 Å². The van der Waals surface area contributed by atoms with E-state index in [-0.39, 0.29) is 11.4 Å². The average Bonchev–Trinajstić information content (AvgIpc) is 2.44. The molecule has 0 saturated carbocycles. The van der Waals surface area contributed by atoms with E-state index in [1.165, 1.54) is 12.1 Å². The van der Waals surface area contributed by atoms with Crippen molar-refractivity contribution >= 4 is 17.3 Å². The molecule has 6 nitrogen and oxygen atoms in total. The third kappa shape index (κ3) is 2.86. The molecule has 0 spiro atoms. The molecule has 0 unspecified atom stereocenters. The zero-order chi connectivity index (χ0) is 16.5. The third-order valence-electron chi connectivity index (χ3n) is 2.71. The number of rotatable bonds is 3. The molecule has 0 aliphatic heterocycles. The Hall–Kier alpha value is -2.62.